The summed E-state index contributed by atoms with van der Waals surface area (Å²) in [7, 11) is 0. The largest absolute Gasteiger partial charge is 0.466 e. The summed E-state index contributed by atoms with van der Waals surface area (Å²) in [4.78, 5) is 0. The SMILES string of the molecule is OC(I)c1ccco1. The number of aliphatic hydroxyl groups excluding tert-OH is 1. The Morgan fingerprint density at radius 3 is 2.75 bits per heavy atom. The Labute approximate surface area is 60.6 Å². The fraction of sp³-hybridized carbons (Fsp3) is 0.200. The predicted molar refractivity (Wildman–Crippen MR) is 37.7 cm³/mol. The van der Waals surface area contributed by atoms with Gasteiger partial charge in [-0.3, -0.25) is 0 Å². The molecule has 0 aliphatic heterocycles. The van der Waals surface area contributed by atoms with Gasteiger partial charge in [-0.2, -0.15) is 0 Å². The quantitative estimate of drug-likeness (QED) is 0.581. The first-order valence-electron chi connectivity index (χ1n) is 2.16. The van der Waals surface area contributed by atoms with Crippen molar-refractivity contribution >= 4 is 22.6 Å². The first-order valence-corrected chi connectivity index (χ1v) is 3.41. The van der Waals surface area contributed by atoms with Gasteiger partial charge in [-0.25, -0.2) is 0 Å². The Hall–Kier alpha value is -0.0300. The highest BCUT2D eigenvalue weighted by Crippen LogP contribution is 2.18. The van der Waals surface area contributed by atoms with Crippen molar-refractivity contribution < 1.29 is 9.52 Å². The number of hydrogen-bond acceptors (Lipinski definition) is 2. The third kappa shape index (κ3) is 1.23. The van der Waals surface area contributed by atoms with Crippen LogP contribution in [0.1, 0.15) is 9.87 Å². The van der Waals surface area contributed by atoms with Gasteiger partial charge in [0.1, 0.15) is 5.76 Å². The Kier molecular flexibility index (Phi) is 1.90. The van der Waals surface area contributed by atoms with Crippen LogP contribution < -0.4 is 0 Å². The van der Waals surface area contributed by atoms with Gasteiger partial charge in [0.2, 0.25) is 0 Å². The minimum atomic E-state index is -0.511. The molecule has 3 heteroatoms. The molecule has 1 unspecified atom stereocenters. The molecule has 0 amide bonds. The van der Waals surface area contributed by atoms with E-state index in [9.17, 15) is 0 Å². The van der Waals surface area contributed by atoms with Crippen LogP contribution in [0.3, 0.4) is 0 Å². The molecule has 1 rings (SSSR count). The van der Waals surface area contributed by atoms with E-state index in [1.54, 1.807) is 12.1 Å². The third-order valence-corrected chi connectivity index (χ3v) is 1.39. The number of alkyl halides is 1. The predicted octanol–water partition coefficient (Wildman–Crippen LogP) is 1.71. The lowest BCUT2D eigenvalue weighted by Crippen LogP contribution is -1.79. The van der Waals surface area contributed by atoms with Gasteiger partial charge < -0.3 is 9.52 Å². The first-order chi connectivity index (χ1) is 3.80. The maximum Gasteiger partial charge on any atom is 0.162 e. The normalized spacial score (nSPS) is 13.8. The Morgan fingerprint density at radius 2 is 2.50 bits per heavy atom. The molecule has 0 bridgehead atoms. The third-order valence-electron chi connectivity index (χ3n) is 0.778. The maximum absolute atomic E-state index is 8.81. The van der Waals surface area contributed by atoms with Crippen molar-refractivity contribution in [3.05, 3.63) is 24.2 Å². The van der Waals surface area contributed by atoms with E-state index in [4.69, 9.17) is 9.52 Å². The first kappa shape index (κ1) is 6.10. The van der Waals surface area contributed by atoms with Gasteiger partial charge in [0.25, 0.3) is 0 Å². The van der Waals surface area contributed by atoms with Gasteiger partial charge >= 0.3 is 0 Å². The molecule has 1 heterocycles. The van der Waals surface area contributed by atoms with Crippen LogP contribution in [-0.2, 0) is 0 Å². The molecule has 0 aromatic carbocycles. The van der Waals surface area contributed by atoms with Crippen molar-refractivity contribution in [3.63, 3.8) is 0 Å². The van der Waals surface area contributed by atoms with Crippen LogP contribution in [-0.4, -0.2) is 5.11 Å². The summed E-state index contributed by atoms with van der Waals surface area (Å²) in [5.41, 5.74) is 0. The van der Waals surface area contributed by atoms with E-state index >= 15 is 0 Å². The van der Waals surface area contributed by atoms with Crippen molar-refractivity contribution in [1.29, 1.82) is 0 Å². The highest BCUT2D eigenvalue weighted by atomic mass is 127. The Bertz CT molecular complexity index is 145. The van der Waals surface area contributed by atoms with Gasteiger partial charge in [-0.1, -0.05) is 0 Å². The molecule has 0 radical (unpaired) electrons. The summed E-state index contributed by atoms with van der Waals surface area (Å²) in [6.07, 6.45) is 1.54. The van der Waals surface area contributed by atoms with E-state index in [0.29, 0.717) is 5.76 Å². The van der Waals surface area contributed by atoms with Crippen LogP contribution in [0.25, 0.3) is 0 Å². The molecule has 44 valence electrons. The van der Waals surface area contributed by atoms with Crippen LogP contribution in [0.2, 0.25) is 0 Å². The van der Waals surface area contributed by atoms with Gasteiger partial charge in [0.05, 0.1) is 6.26 Å². The summed E-state index contributed by atoms with van der Waals surface area (Å²) in [6.45, 7) is 0. The van der Waals surface area contributed by atoms with Crippen molar-refractivity contribution in [1.82, 2.24) is 0 Å². The van der Waals surface area contributed by atoms with Crippen molar-refractivity contribution in [2.24, 2.45) is 0 Å². The van der Waals surface area contributed by atoms with Crippen LogP contribution in [0.5, 0.6) is 0 Å². The standard InChI is InChI=1S/C5H5IO2/c6-5(7)4-2-1-3-8-4/h1-3,5,7H. The summed E-state index contributed by atoms with van der Waals surface area (Å²) >= 11 is 1.87. The molecular formula is C5H5IO2. The van der Waals surface area contributed by atoms with Gasteiger partial charge in [0.15, 0.2) is 4.11 Å². The Morgan fingerprint density at radius 1 is 1.75 bits per heavy atom. The van der Waals surface area contributed by atoms with E-state index < -0.39 is 4.11 Å². The second-order valence-electron chi connectivity index (χ2n) is 1.35. The summed E-state index contributed by atoms with van der Waals surface area (Å²) in [5.74, 6) is 0.602. The zero-order valence-electron chi connectivity index (χ0n) is 4.04. The Balaban J connectivity index is 2.77. The van der Waals surface area contributed by atoms with E-state index in [0.717, 1.165) is 0 Å². The lowest BCUT2D eigenvalue weighted by atomic mass is 10.5. The summed E-state index contributed by atoms with van der Waals surface area (Å²) < 4.78 is 4.33. The van der Waals surface area contributed by atoms with Gasteiger partial charge in [0, 0.05) is 0 Å². The number of furan rings is 1. The van der Waals surface area contributed by atoms with Crippen LogP contribution in [0.15, 0.2) is 22.8 Å². The number of hydrogen-bond donors (Lipinski definition) is 1. The van der Waals surface area contributed by atoms with Crippen molar-refractivity contribution in [3.8, 4) is 0 Å². The van der Waals surface area contributed by atoms with Crippen molar-refractivity contribution in [2.45, 2.75) is 4.11 Å². The molecule has 0 saturated heterocycles. The monoisotopic (exact) mass is 224 g/mol. The van der Waals surface area contributed by atoms with Crippen LogP contribution in [0, 0.1) is 0 Å². The highest BCUT2D eigenvalue weighted by molar-refractivity contribution is 14.1. The second kappa shape index (κ2) is 2.50. The van der Waals surface area contributed by atoms with E-state index in [-0.39, 0.29) is 0 Å². The highest BCUT2D eigenvalue weighted by Gasteiger charge is 2.01. The molecule has 0 aliphatic carbocycles. The molecular weight excluding hydrogens is 219 g/mol. The lowest BCUT2D eigenvalue weighted by Gasteiger charge is -1.92. The zero-order valence-corrected chi connectivity index (χ0v) is 6.20. The summed E-state index contributed by atoms with van der Waals surface area (Å²) in [6, 6.07) is 3.48. The van der Waals surface area contributed by atoms with Gasteiger partial charge in [-0.15, -0.1) is 0 Å². The molecule has 0 fully saturated rings. The second-order valence-corrected chi connectivity index (χ2v) is 2.53. The van der Waals surface area contributed by atoms with E-state index in [1.165, 1.54) is 6.26 Å². The number of aliphatic hydroxyl groups is 1. The van der Waals surface area contributed by atoms with Crippen LogP contribution >= 0.6 is 22.6 Å². The minimum Gasteiger partial charge on any atom is -0.466 e. The van der Waals surface area contributed by atoms with Crippen LogP contribution in [0.4, 0.5) is 0 Å². The topological polar surface area (TPSA) is 33.4 Å². The van der Waals surface area contributed by atoms with Gasteiger partial charge in [-0.05, 0) is 34.7 Å². The molecule has 8 heavy (non-hydrogen) atoms. The van der Waals surface area contributed by atoms with E-state index in [1.807, 2.05) is 22.6 Å². The average Bonchev–Trinajstić information content (AvgIpc) is 2.12. The van der Waals surface area contributed by atoms with Crippen molar-refractivity contribution in [2.75, 3.05) is 0 Å². The lowest BCUT2D eigenvalue weighted by molar-refractivity contribution is 0.251. The maximum atomic E-state index is 8.81. The molecule has 1 atom stereocenters. The fourth-order valence-electron chi connectivity index (χ4n) is 0.427. The number of rotatable bonds is 1. The smallest absolute Gasteiger partial charge is 0.162 e. The molecule has 1 aromatic heterocycles. The molecule has 0 saturated carbocycles. The molecule has 2 nitrogen and oxygen atoms in total. The van der Waals surface area contributed by atoms with E-state index in [2.05, 4.69) is 0 Å². The number of halogens is 1. The zero-order chi connectivity index (χ0) is 5.98. The fourth-order valence-corrected chi connectivity index (χ4v) is 0.781. The minimum absolute atomic E-state index is 0.511. The molecule has 1 N–H and O–H groups in total. The average molecular weight is 224 g/mol. The molecule has 1 aromatic rings. The summed E-state index contributed by atoms with van der Waals surface area (Å²) in [5, 5.41) is 8.81. The molecule has 0 spiro atoms. The molecule has 0 aliphatic rings.